The van der Waals surface area contributed by atoms with E-state index in [1.54, 1.807) is 24.0 Å². The average Bonchev–Trinajstić information content (AvgIpc) is 2.34. The van der Waals surface area contributed by atoms with Crippen LogP contribution in [0, 0.1) is 5.92 Å². The molecule has 0 aliphatic rings. The summed E-state index contributed by atoms with van der Waals surface area (Å²) in [6.07, 6.45) is 8.15. The van der Waals surface area contributed by atoms with Crippen LogP contribution in [0.4, 0.5) is 5.82 Å². The highest BCUT2D eigenvalue weighted by atomic mass is 16.1. The van der Waals surface area contributed by atoms with Crippen molar-refractivity contribution in [3.63, 3.8) is 0 Å². The first kappa shape index (κ1) is 13.7. The van der Waals surface area contributed by atoms with E-state index < -0.39 is 0 Å². The number of anilines is 1. The Hall–Kier alpha value is -1.32. The van der Waals surface area contributed by atoms with Gasteiger partial charge >= 0.3 is 0 Å². The van der Waals surface area contributed by atoms with Crippen LogP contribution in [0.15, 0.2) is 17.2 Å². The highest BCUT2D eigenvalue weighted by Crippen LogP contribution is 2.12. The van der Waals surface area contributed by atoms with Gasteiger partial charge in [-0.05, 0) is 12.3 Å². The zero-order valence-electron chi connectivity index (χ0n) is 11.1. The van der Waals surface area contributed by atoms with Crippen molar-refractivity contribution < 1.29 is 0 Å². The standard InChI is InChI=1S/C13H23N3O/c1-4-6-7-11(5-2)10-15-12-13(17)16(3)9-8-14-12/h8-9,11H,4-7,10H2,1-3H3,(H,14,15). The lowest BCUT2D eigenvalue weighted by molar-refractivity contribution is 0.472. The Balaban J connectivity index is 2.54. The summed E-state index contributed by atoms with van der Waals surface area (Å²) in [6.45, 7) is 5.23. The molecule has 1 rings (SSSR count). The summed E-state index contributed by atoms with van der Waals surface area (Å²) in [5.74, 6) is 1.09. The van der Waals surface area contributed by atoms with Gasteiger partial charge in [0.2, 0.25) is 0 Å². The molecule has 0 aliphatic heterocycles. The van der Waals surface area contributed by atoms with Gasteiger partial charge in [0.25, 0.3) is 5.56 Å². The average molecular weight is 237 g/mol. The quantitative estimate of drug-likeness (QED) is 0.792. The zero-order chi connectivity index (χ0) is 12.7. The van der Waals surface area contributed by atoms with E-state index in [4.69, 9.17) is 0 Å². The Kier molecular flexibility index (Phi) is 5.73. The smallest absolute Gasteiger partial charge is 0.293 e. The molecule has 17 heavy (non-hydrogen) atoms. The Morgan fingerprint density at radius 1 is 1.47 bits per heavy atom. The number of nitrogens with one attached hydrogen (secondary N) is 1. The van der Waals surface area contributed by atoms with Crippen LogP contribution in [0.2, 0.25) is 0 Å². The number of unbranched alkanes of at least 4 members (excludes halogenated alkanes) is 1. The highest BCUT2D eigenvalue weighted by molar-refractivity contribution is 5.30. The van der Waals surface area contributed by atoms with Gasteiger partial charge < -0.3 is 9.88 Å². The molecule has 1 aromatic rings. The number of aromatic nitrogens is 2. The molecular weight excluding hydrogens is 214 g/mol. The highest BCUT2D eigenvalue weighted by Gasteiger charge is 2.07. The molecule has 0 saturated heterocycles. The van der Waals surface area contributed by atoms with E-state index in [9.17, 15) is 4.79 Å². The van der Waals surface area contributed by atoms with Gasteiger partial charge in [-0.2, -0.15) is 0 Å². The lowest BCUT2D eigenvalue weighted by Gasteiger charge is -2.15. The number of nitrogens with zero attached hydrogens (tertiary/aromatic N) is 2. The van der Waals surface area contributed by atoms with Crippen molar-refractivity contribution in [2.24, 2.45) is 13.0 Å². The monoisotopic (exact) mass is 237 g/mol. The first-order valence-electron chi connectivity index (χ1n) is 6.44. The summed E-state index contributed by atoms with van der Waals surface area (Å²) in [5, 5.41) is 3.17. The SMILES string of the molecule is CCCCC(CC)CNc1nccn(C)c1=O. The summed E-state index contributed by atoms with van der Waals surface area (Å²) in [6, 6.07) is 0. The lowest BCUT2D eigenvalue weighted by atomic mass is 9.99. The summed E-state index contributed by atoms with van der Waals surface area (Å²) in [7, 11) is 1.74. The molecule has 1 N–H and O–H groups in total. The van der Waals surface area contributed by atoms with Gasteiger partial charge in [0.05, 0.1) is 0 Å². The predicted molar refractivity (Wildman–Crippen MR) is 71.3 cm³/mol. The molecule has 0 fully saturated rings. The predicted octanol–water partition coefficient (Wildman–Crippen LogP) is 2.41. The number of rotatable bonds is 7. The van der Waals surface area contributed by atoms with E-state index in [-0.39, 0.29) is 5.56 Å². The second-order valence-electron chi connectivity index (χ2n) is 4.49. The van der Waals surface area contributed by atoms with Gasteiger partial charge in [-0.15, -0.1) is 0 Å². The lowest BCUT2D eigenvalue weighted by Crippen LogP contribution is -2.24. The zero-order valence-corrected chi connectivity index (χ0v) is 11.1. The van der Waals surface area contributed by atoms with Gasteiger partial charge in [-0.1, -0.05) is 33.1 Å². The maximum Gasteiger partial charge on any atom is 0.293 e. The Morgan fingerprint density at radius 3 is 2.88 bits per heavy atom. The fourth-order valence-corrected chi connectivity index (χ4v) is 1.80. The van der Waals surface area contributed by atoms with Crippen LogP contribution in [0.25, 0.3) is 0 Å². The summed E-state index contributed by atoms with van der Waals surface area (Å²) in [4.78, 5) is 15.8. The second kappa shape index (κ2) is 7.09. The van der Waals surface area contributed by atoms with Crippen LogP contribution < -0.4 is 10.9 Å². The largest absolute Gasteiger partial charge is 0.365 e. The first-order valence-corrected chi connectivity index (χ1v) is 6.44. The summed E-state index contributed by atoms with van der Waals surface area (Å²) in [5.41, 5.74) is -0.0576. The van der Waals surface area contributed by atoms with Gasteiger partial charge in [-0.25, -0.2) is 4.98 Å². The van der Waals surface area contributed by atoms with Crippen molar-refractivity contribution in [1.29, 1.82) is 0 Å². The minimum Gasteiger partial charge on any atom is -0.365 e. The molecule has 1 unspecified atom stereocenters. The van der Waals surface area contributed by atoms with Crippen molar-refractivity contribution >= 4 is 5.82 Å². The third-order valence-corrected chi connectivity index (χ3v) is 3.12. The van der Waals surface area contributed by atoms with Gasteiger partial charge in [0.15, 0.2) is 5.82 Å². The van der Waals surface area contributed by atoms with Crippen LogP contribution in [0.3, 0.4) is 0 Å². The minimum absolute atomic E-state index is 0.0576. The molecular formula is C13H23N3O. The molecule has 0 aromatic carbocycles. The Morgan fingerprint density at radius 2 is 2.24 bits per heavy atom. The number of aryl methyl sites for hydroxylation is 1. The molecule has 0 radical (unpaired) electrons. The minimum atomic E-state index is -0.0576. The summed E-state index contributed by atoms with van der Waals surface area (Å²) >= 11 is 0. The van der Waals surface area contributed by atoms with E-state index >= 15 is 0 Å². The van der Waals surface area contributed by atoms with E-state index in [0.29, 0.717) is 11.7 Å². The third kappa shape index (κ3) is 4.21. The Bertz CT molecular complexity index is 386. The maximum absolute atomic E-state index is 11.7. The molecule has 96 valence electrons. The molecule has 1 heterocycles. The van der Waals surface area contributed by atoms with E-state index in [1.807, 2.05) is 0 Å². The van der Waals surface area contributed by atoms with Crippen molar-refractivity contribution in [3.8, 4) is 0 Å². The molecule has 1 aromatic heterocycles. The molecule has 0 bridgehead atoms. The molecule has 0 amide bonds. The molecule has 0 spiro atoms. The molecule has 0 aliphatic carbocycles. The Labute approximate surface area is 103 Å². The van der Waals surface area contributed by atoms with Crippen LogP contribution in [0.1, 0.15) is 39.5 Å². The van der Waals surface area contributed by atoms with Crippen LogP contribution in [0.5, 0.6) is 0 Å². The fourth-order valence-electron chi connectivity index (χ4n) is 1.80. The van der Waals surface area contributed by atoms with Crippen molar-refractivity contribution in [2.45, 2.75) is 39.5 Å². The molecule has 0 saturated carbocycles. The van der Waals surface area contributed by atoms with E-state index in [0.717, 1.165) is 13.0 Å². The molecule has 4 heteroatoms. The number of hydrogen-bond donors (Lipinski definition) is 1. The van der Waals surface area contributed by atoms with Crippen molar-refractivity contribution in [2.75, 3.05) is 11.9 Å². The van der Waals surface area contributed by atoms with Gasteiger partial charge in [-0.3, -0.25) is 4.79 Å². The second-order valence-corrected chi connectivity index (χ2v) is 4.49. The summed E-state index contributed by atoms with van der Waals surface area (Å²) < 4.78 is 1.54. The fraction of sp³-hybridized carbons (Fsp3) is 0.692. The van der Waals surface area contributed by atoms with Crippen LogP contribution in [-0.2, 0) is 7.05 Å². The van der Waals surface area contributed by atoms with Crippen molar-refractivity contribution in [1.82, 2.24) is 9.55 Å². The van der Waals surface area contributed by atoms with Crippen molar-refractivity contribution in [3.05, 3.63) is 22.7 Å². The van der Waals surface area contributed by atoms with Crippen LogP contribution in [-0.4, -0.2) is 16.1 Å². The van der Waals surface area contributed by atoms with Crippen LogP contribution >= 0.6 is 0 Å². The van der Waals surface area contributed by atoms with Gasteiger partial charge in [0, 0.05) is 26.0 Å². The van der Waals surface area contributed by atoms with E-state index in [1.165, 1.54) is 19.3 Å². The maximum atomic E-state index is 11.7. The first-order chi connectivity index (χ1) is 8.19. The third-order valence-electron chi connectivity index (χ3n) is 3.12. The van der Waals surface area contributed by atoms with E-state index in [2.05, 4.69) is 24.1 Å². The van der Waals surface area contributed by atoms with Gasteiger partial charge in [0.1, 0.15) is 0 Å². The molecule has 1 atom stereocenters. The molecule has 4 nitrogen and oxygen atoms in total. The number of hydrogen-bond acceptors (Lipinski definition) is 3. The topological polar surface area (TPSA) is 46.9 Å². The normalized spacial score (nSPS) is 12.4.